The van der Waals surface area contributed by atoms with E-state index in [9.17, 15) is 22.4 Å². The summed E-state index contributed by atoms with van der Waals surface area (Å²) in [5.41, 5.74) is 1.34. The van der Waals surface area contributed by atoms with Crippen LogP contribution in [0.1, 0.15) is 21.5 Å². The number of carbonyl (C=O) groups is 1. The second-order valence-electron chi connectivity index (χ2n) is 6.36. The molecule has 0 aliphatic carbocycles. The molecule has 0 N–H and O–H groups in total. The number of carbonyl (C=O) groups excluding carboxylic acids is 1. The van der Waals surface area contributed by atoms with E-state index in [1.54, 1.807) is 42.5 Å². The zero-order valence-electron chi connectivity index (χ0n) is 16.1. The standard InChI is InChI=1S/C23H15ClF4O3/c1-30-20-9-3-13(2-8-19(29)14-4-6-16(24)7-5-14)10-15(20)12-31-23-21(27)17(25)11-18(26)22(23)28/h2-11H,12H2,1H3/b8-2+. The number of rotatable bonds is 7. The van der Waals surface area contributed by atoms with Crippen molar-refractivity contribution in [3.8, 4) is 11.5 Å². The topological polar surface area (TPSA) is 35.5 Å². The van der Waals surface area contributed by atoms with Gasteiger partial charge in [-0.05, 0) is 48.0 Å². The Balaban J connectivity index is 1.81. The van der Waals surface area contributed by atoms with Gasteiger partial charge >= 0.3 is 0 Å². The summed E-state index contributed by atoms with van der Waals surface area (Å²) in [6.07, 6.45) is 2.87. The second kappa shape index (κ2) is 9.66. The summed E-state index contributed by atoms with van der Waals surface area (Å²) in [6, 6.07) is 11.2. The number of benzene rings is 3. The molecule has 0 atom stereocenters. The predicted octanol–water partition coefficient (Wildman–Crippen LogP) is 6.38. The normalized spacial score (nSPS) is 11.0. The molecule has 3 aromatic rings. The second-order valence-corrected chi connectivity index (χ2v) is 6.80. The Morgan fingerprint density at radius 3 is 2.23 bits per heavy atom. The van der Waals surface area contributed by atoms with Crippen LogP contribution in [0, 0.1) is 23.3 Å². The van der Waals surface area contributed by atoms with Gasteiger partial charge in [0.05, 0.1) is 7.11 Å². The number of hydrogen-bond donors (Lipinski definition) is 0. The molecule has 160 valence electrons. The predicted molar refractivity (Wildman–Crippen MR) is 108 cm³/mol. The molecule has 3 aromatic carbocycles. The highest BCUT2D eigenvalue weighted by molar-refractivity contribution is 6.30. The van der Waals surface area contributed by atoms with E-state index in [1.165, 1.54) is 19.3 Å². The fourth-order valence-corrected chi connectivity index (χ4v) is 2.85. The summed E-state index contributed by atoms with van der Waals surface area (Å²) in [5, 5.41) is 0.506. The fourth-order valence-electron chi connectivity index (χ4n) is 2.73. The molecular weight excluding hydrogens is 436 g/mol. The molecule has 0 heterocycles. The minimum Gasteiger partial charge on any atom is -0.496 e. The van der Waals surface area contributed by atoms with Crippen molar-refractivity contribution in [3.63, 3.8) is 0 Å². The molecule has 0 spiro atoms. The summed E-state index contributed by atoms with van der Waals surface area (Å²) >= 11 is 5.80. The summed E-state index contributed by atoms with van der Waals surface area (Å²) in [5.74, 6) is -7.52. The maximum absolute atomic E-state index is 13.8. The van der Waals surface area contributed by atoms with Gasteiger partial charge < -0.3 is 9.47 Å². The van der Waals surface area contributed by atoms with Crippen molar-refractivity contribution in [3.05, 3.63) is 99.6 Å². The van der Waals surface area contributed by atoms with Gasteiger partial charge in [-0.15, -0.1) is 0 Å². The quantitative estimate of drug-likeness (QED) is 0.181. The van der Waals surface area contributed by atoms with Crippen LogP contribution in [0.2, 0.25) is 5.02 Å². The molecule has 0 saturated carbocycles. The van der Waals surface area contributed by atoms with Gasteiger partial charge in [-0.25, -0.2) is 8.78 Å². The van der Waals surface area contributed by atoms with E-state index < -0.39 is 35.6 Å². The first kappa shape index (κ1) is 22.4. The molecule has 0 radical (unpaired) electrons. The number of halogens is 5. The Morgan fingerprint density at radius 2 is 1.61 bits per heavy atom. The Kier molecular flexibility index (Phi) is 6.97. The molecule has 0 bridgehead atoms. The number of ketones is 1. The van der Waals surface area contributed by atoms with Crippen LogP contribution >= 0.6 is 11.6 Å². The van der Waals surface area contributed by atoms with Crippen LogP contribution in [0.3, 0.4) is 0 Å². The first-order valence-corrected chi connectivity index (χ1v) is 9.28. The van der Waals surface area contributed by atoms with Crippen molar-refractivity contribution < 1.29 is 31.8 Å². The largest absolute Gasteiger partial charge is 0.496 e. The molecule has 3 rings (SSSR count). The highest BCUT2D eigenvalue weighted by Gasteiger charge is 2.21. The van der Waals surface area contributed by atoms with Crippen LogP contribution in [0.4, 0.5) is 17.6 Å². The van der Waals surface area contributed by atoms with Crippen molar-refractivity contribution in [2.75, 3.05) is 7.11 Å². The first-order chi connectivity index (χ1) is 14.8. The SMILES string of the molecule is COc1ccc(/C=C/C(=O)c2ccc(Cl)cc2)cc1COc1c(F)c(F)cc(F)c1F. The van der Waals surface area contributed by atoms with Crippen LogP contribution in [0.15, 0.2) is 54.6 Å². The van der Waals surface area contributed by atoms with Crippen molar-refractivity contribution >= 4 is 23.5 Å². The lowest BCUT2D eigenvalue weighted by atomic mass is 10.1. The summed E-state index contributed by atoms with van der Waals surface area (Å²) in [6.45, 7) is -0.438. The fraction of sp³-hybridized carbons (Fsp3) is 0.0870. The smallest absolute Gasteiger partial charge is 0.203 e. The van der Waals surface area contributed by atoms with E-state index in [0.29, 0.717) is 27.5 Å². The van der Waals surface area contributed by atoms with Crippen molar-refractivity contribution in [1.82, 2.24) is 0 Å². The molecule has 31 heavy (non-hydrogen) atoms. The zero-order valence-corrected chi connectivity index (χ0v) is 16.9. The third kappa shape index (κ3) is 5.24. The summed E-state index contributed by atoms with van der Waals surface area (Å²) in [4.78, 5) is 12.3. The molecule has 0 saturated heterocycles. The lowest BCUT2D eigenvalue weighted by Crippen LogP contribution is -2.05. The van der Waals surface area contributed by atoms with E-state index in [-0.39, 0.29) is 11.8 Å². The van der Waals surface area contributed by atoms with Gasteiger partial charge in [-0.2, -0.15) is 8.78 Å². The van der Waals surface area contributed by atoms with Crippen LogP contribution in [-0.4, -0.2) is 12.9 Å². The van der Waals surface area contributed by atoms with E-state index in [0.717, 1.165) is 0 Å². The minimum absolute atomic E-state index is 0.0984. The Hall–Kier alpha value is -3.32. The van der Waals surface area contributed by atoms with Gasteiger partial charge in [-0.3, -0.25) is 4.79 Å². The molecule has 0 aromatic heterocycles. The van der Waals surface area contributed by atoms with E-state index >= 15 is 0 Å². The van der Waals surface area contributed by atoms with Crippen molar-refractivity contribution in [1.29, 1.82) is 0 Å². The van der Waals surface area contributed by atoms with E-state index in [2.05, 4.69) is 0 Å². The maximum atomic E-state index is 13.8. The third-order valence-corrected chi connectivity index (χ3v) is 4.56. The molecule has 0 aliphatic rings. The maximum Gasteiger partial charge on any atom is 0.203 e. The number of ether oxygens (including phenoxy) is 2. The number of allylic oxidation sites excluding steroid dienone is 1. The van der Waals surface area contributed by atoms with Crippen LogP contribution in [0.5, 0.6) is 11.5 Å². The van der Waals surface area contributed by atoms with Crippen LogP contribution in [-0.2, 0) is 6.61 Å². The zero-order chi connectivity index (χ0) is 22.5. The summed E-state index contributed by atoms with van der Waals surface area (Å²) in [7, 11) is 1.38. The van der Waals surface area contributed by atoms with Gasteiger partial charge in [0.15, 0.2) is 23.2 Å². The van der Waals surface area contributed by atoms with Gasteiger partial charge in [-0.1, -0.05) is 23.7 Å². The lowest BCUT2D eigenvalue weighted by molar-refractivity contribution is 0.104. The van der Waals surface area contributed by atoms with E-state index in [4.69, 9.17) is 21.1 Å². The molecule has 0 unspecified atom stereocenters. The Labute approximate surface area is 180 Å². The third-order valence-electron chi connectivity index (χ3n) is 4.30. The number of methoxy groups -OCH3 is 1. The van der Waals surface area contributed by atoms with Crippen molar-refractivity contribution in [2.24, 2.45) is 0 Å². The molecule has 0 aliphatic heterocycles. The van der Waals surface area contributed by atoms with Crippen LogP contribution in [0.25, 0.3) is 6.08 Å². The summed E-state index contributed by atoms with van der Waals surface area (Å²) < 4.78 is 64.5. The average Bonchev–Trinajstić information content (AvgIpc) is 2.76. The van der Waals surface area contributed by atoms with Gasteiger partial charge in [0, 0.05) is 22.2 Å². The van der Waals surface area contributed by atoms with Crippen molar-refractivity contribution in [2.45, 2.75) is 6.61 Å². The monoisotopic (exact) mass is 450 g/mol. The Bertz CT molecular complexity index is 1120. The minimum atomic E-state index is -1.64. The highest BCUT2D eigenvalue weighted by atomic mass is 35.5. The molecule has 0 fully saturated rings. The lowest BCUT2D eigenvalue weighted by Gasteiger charge is -2.13. The van der Waals surface area contributed by atoms with Gasteiger partial charge in [0.1, 0.15) is 12.4 Å². The first-order valence-electron chi connectivity index (χ1n) is 8.91. The van der Waals surface area contributed by atoms with Gasteiger partial charge in [0.2, 0.25) is 11.6 Å². The highest BCUT2D eigenvalue weighted by Crippen LogP contribution is 2.29. The number of hydrogen-bond acceptors (Lipinski definition) is 3. The van der Waals surface area contributed by atoms with E-state index in [1.807, 2.05) is 0 Å². The van der Waals surface area contributed by atoms with Gasteiger partial charge in [0.25, 0.3) is 0 Å². The van der Waals surface area contributed by atoms with Crippen LogP contribution < -0.4 is 9.47 Å². The molecule has 8 heteroatoms. The molecular formula is C23H15ClF4O3. The Morgan fingerprint density at radius 1 is 0.968 bits per heavy atom. The molecule has 3 nitrogen and oxygen atoms in total. The average molecular weight is 451 g/mol. The molecule has 0 amide bonds.